The number of carbonyl (C=O) groups excluding carboxylic acids is 1. The Bertz CT molecular complexity index is 648. The molecule has 0 aromatic heterocycles. The Morgan fingerprint density at radius 2 is 1.61 bits per heavy atom. The molecule has 0 saturated heterocycles. The second kappa shape index (κ2) is 8.58. The first kappa shape index (κ1) is 16.5. The van der Waals surface area contributed by atoms with Gasteiger partial charge in [-0.1, -0.05) is 0 Å². The van der Waals surface area contributed by atoms with Crippen LogP contribution in [0.1, 0.15) is 19.4 Å². The number of nitrogens with zero attached hydrogens (tertiary/aromatic N) is 1. The van der Waals surface area contributed by atoms with Crippen LogP contribution in [0.25, 0.3) is 0 Å². The van der Waals surface area contributed by atoms with Crippen LogP contribution in [-0.4, -0.2) is 25.6 Å². The SMILES string of the molecule is CCOC(=O)Oc1ccc(C=Nc2ccc(OCC)cc2)cc1. The molecule has 0 fully saturated rings. The Hall–Kier alpha value is -2.82. The van der Waals surface area contributed by atoms with Crippen molar-refractivity contribution in [3.8, 4) is 11.5 Å². The Morgan fingerprint density at radius 3 is 2.22 bits per heavy atom. The van der Waals surface area contributed by atoms with Crippen LogP contribution in [0.2, 0.25) is 0 Å². The van der Waals surface area contributed by atoms with Gasteiger partial charge in [0.05, 0.1) is 18.9 Å². The van der Waals surface area contributed by atoms with Gasteiger partial charge < -0.3 is 14.2 Å². The van der Waals surface area contributed by atoms with E-state index in [1.54, 1.807) is 25.3 Å². The zero-order valence-corrected chi connectivity index (χ0v) is 13.2. The minimum atomic E-state index is -0.705. The number of hydrogen-bond donors (Lipinski definition) is 0. The normalized spacial score (nSPS) is 10.5. The summed E-state index contributed by atoms with van der Waals surface area (Å²) < 4.78 is 15.1. The van der Waals surface area contributed by atoms with Crippen LogP contribution < -0.4 is 9.47 Å². The lowest BCUT2D eigenvalue weighted by Crippen LogP contribution is -2.09. The molecule has 0 radical (unpaired) electrons. The van der Waals surface area contributed by atoms with E-state index >= 15 is 0 Å². The monoisotopic (exact) mass is 313 g/mol. The van der Waals surface area contributed by atoms with Gasteiger partial charge in [0.2, 0.25) is 0 Å². The molecule has 0 spiro atoms. The number of ether oxygens (including phenoxy) is 3. The minimum Gasteiger partial charge on any atom is -0.494 e. The van der Waals surface area contributed by atoms with Gasteiger partial charge in [-0.2, -0.15) is 0 Å². The van der Waals surface area contributed by atoms with Crippen molar-refractivity contribution in [1.29, 1.82) is 0 Å². The molecule has 120 valence electrons. The summed E-state index contributed by atoms with van der Waals surface area (Å²) in [6.07, 6.45) is 1.03. The first-order chi connectivity index (χ1) is 11.2. The Balaban J connectivity index is 1.95. The Labute approximate surface area is 135 Å². The molecule has 0 amide bonds. The van der Waals surface area contributed by atoms with Gasteiger partial charge in [-0.3, -0.25) is 4.99 Å². The summed E-state index contributed by atoms with van der Waals surface area (Å²) in [5.41, 5.74) is 1.73. The lowest BCUT2D eigenvalue weighted by molar-refractivity contribution is 0.104. The summed E-state index contributed by atoms with van der Waals surface area (Å²) in [4.78, 5) is 15.6. The standard InChI is InChI=1S/C18H19NO4/c1-3-21-16-11-7-15(8-12-16)19-13-14-5-9-17(10-6-14)23-18(20)22-4-2/h5-13H,3-4H2,1-2H3. The van der Waals surface area contributed by atoms with Gasteiger partial charge in [-0.25, -0.2) is 4.79 Å². The van der Waals surface area contributed by atoms with Crippen molar-refractivity contribution in [2.75, 3.05) is 13.2 Å². The van der Waals surface area contributed by atoms with Gasteiger partial charge in [0.1, 0.15) is 11.5 Å². The van der Waals surface area contributed by atoms with Gasteiger partial charge >= 0.3 is 6.16 Å². The number of carbonyl (C=O) groups is 1. The molecule has 0 N–H and O–H groups in total. The Kier molecular flexibility index (Phi) is 6.17. The smallest absolute Gasteiger partial charge is 0.494 e. The fraction of sp³-hybridized carbons (Fsp3) is 0.222. The molecule has 5 heteroatoms. The van der Waals surface area contributed by atoms with E-state index in [1.165, 1.54) is 0 Å². The zero-order valence-electron chi connectivity index (χ0n) is 13.2. The summed E-state index contributed by atoms with van der Waals surface area (Å²) >= 11 is 0. The molecule has 23 heavy (non-hydrogen) atoms. The maximum Gasteiger partial charge on any atom is 0.513 e. The third kappa shape index (κ3) is 5.47. The largest absolute Gasteiger partial charge is 0.513 e. The molecule has 0 saturated carbocycles. The van der Waals surface area contributed by atoms with Crippen molar-refractivity contribution in [2.45, 2.75) is 13.8 Å². The summed E-state index contributed by atoms with van der Waals surface area (Å²) in [6, 6.07) is 14.5. The van der Waals surface area contributed by atoms with E-state index in [2.05, 4.69) is 4.99 Å². The Morgan fingerprint density at radius 1 is 0.957 bits per heavy atom. The van der Waals surface area contributed by atoms with Crippen LogP contribution in [0.3, 0.4) is 0 Å². The minimum absolute atomic E-state index is 0.283. The van der Waals surface area contributed by atoms with Crippen LogP contribution in [-0.2, 0) is 4.74 Å². The summed E-state index contributed by atoms with van der Waals surface area (Å²) in [5.74, 6) is 1.26. The average molecular weight is 313 g/mol. The highest BCUT2D eigenvalue weighted by molar-refractivity contribution is 5.82. The van der Waals surface area contributed by atoms with E-state index in [-0.39, 0.29) is 6.61 Å². The van der Waals surface area contributed by atoms with E-state index < -0.39 is 6.16 Å². The molecule has 2 aromatic rings. The first-order valence-corrected chi connectivity index (χ1v) is 7.43. The van der Waals surface area contributed by atoms with Gasteiger partial charge in [-0.15, -0.1) is 0 Å². The molecule has 0 unspecified atom stereocenters. The summed E-state index contributed by atoms with van der Waals surface area (Å²) in [5, 5.41) is 0. The van der Waals surface area contributed by atoms with Gasteiger partial charge in [0.15, 0.2) is 0 Å². The topological polar surface area (TPSA) is 57.1 Å². The van der Waals surface area contributed by atoms with E-state index in [1.807, 2.05) is 43.3 Å². The van der Waals surface area contributed by atoms with Crippen LogP contribution >= 0.6 is 0 Å². The van der Waals surface area contributed by atoms with Crippen molar-refractivity contribution in [3.05, 3.63) is 54.1 Å². The second-order valence-corrected chi connectivity index (χ2v) is 4.54. The fourth-order valence-corrected chi connectivity index (χ4v) is 1.81. The van der Waals surface area contributed by atoms with E-state index in [9.17, 15) is 4.79 Å². The first-order valence-electron chi connectivity index (χ1n) is 7.43. The number of hydrogen-bond acceptors (Lipinski definition) is 5. The highest BCUT2D eigenvalue weighted by Crippen LogP contribution is 2.18. The molecular weight excluding hydrogens is 294 g/mol. The van der Waals surface area contributed by atoms with Crippen LogP contribution in [0.15, 0.2) is 53.5 Å². The van der Waals surface area contributed by atoms with Crippen molar-refractivity contribution >= 4 is 18.1 Å². The summed E-state index contributed by atoms with van der Waals surface area (Å²) in [6.45, 7) is 4.59. The number of rotatable bonds is 6. The quantitative estimate of drug-likeness (QED) is 0.451. The van der Waals surface area contributed by atoms with Crippen molar-refractivity contribution in [3.63, 3.8) is 0 Å². The molecule has 2 rings (SSSR count). The predicted molar refractivity (Wildman–Crippen MR) is 89.0 cm³/mol. The lowest BCUT2D eigenvalue weighted by Gasteiger charge is -2.04. The summed E-state index contributed by atoms with van der Waals surface area (Å²) in [7, 11) is 0. The zero-order chi connectivity index (χ0) is 16.5. The van der Waals surface area contributed by atoms with Crippen molar-refractivity contribution in [2.24, 2.45) is 4.99 Å². The number of benzene rings is 2. The lowest BCUT2D eigenvalue weighted by atomic mass is 10.2. The van der Waals surface area contributed by atoms with Crippen LogP contribution in [0, 0.1) is 0 Å². The third-order valence-electron chi connectivity index (χ3n) is 2.85. The number of aliphatic imine (C=N–C) groups is 1. The van der Waals surface area contributed by atoms with E-state index in [0.717, 1.165) is 17.0 Å². The molecule has 0 bridgehead atoms. The third-order valence-corrected chi connectivity index (χ3v) is 2.85. The van der Waals surface area contributed by atoms with Gasteiger partial charge in [-0.05, 0) is 67.9 Å². The maximum atomic E-state index is 11.2. The molecule has 0 heterocycles. The van der Waals surface area contributed by atoms with Crippen LogP contribution in [0.4, 0.5) is 10.5 Å². The molecule has 5 nitrogen and oxygen atoms in total. The van der Waals surface area contributed by atoms with Crippen molar-refractivity contribution in [1.82, 2.24) is 0 Å². The average Bonchev–Trinajstić information content (AvgIpc) is 2.56. The fourth-order valence-electron chi connectivity index (χ4n) is 1.81. The van der Waals surface area contributed by atoms with Gasteiger partial charge in [0.25, 0.3) is 0 Å². The maximum absolute atomic E-state index is 11.2. The molecule has 0 atom stereocenters. The molecular formula is C18H19NO4. The molecule has 0 aliphatic rings. The predicted octanol–water partition coefficient (Wildman–Crippen LogP) is 4.37. The molecule has 0 aliphatic heterocycles. The van der Waals surface area contributed by atoms with Crippen LogP contribution in [0.5, 0.6) is 11.5 Å². The highest BCUT2D eigenvalue weighted by atomic mass is 16.7. The second-order valence-electron chi connectivity index (χ2n) is 4.54. The van der Waals surface area contributed by atoms with E-state index in [0.29, 0.717) is 12.4 Å². The highest BCUT2D eigenvalue weighted by Gasteiger charge is 2.03. The molecule has 2 aromatic carbocycles. The van der Waals surface area contributed by atoms with Gasteiger partial charge in [0, 0.05) is 6.21 Å². The van der Waals surface area contributed by atoms with Crippen molar-refractivity contribution < 1.29 is 19.0 Å². The molecule has 0 aliphatic carbocycles. The van der Waals surface area contributed by atoms with E-state index in [4.69, 9.17) is 14.2 Å².